The SMILES string of the molecule is CCC(C)(C=O)CN(C)c1ccccc1C. The van der Waals surface area contributed by atoms with Crippen molar-refractivity contribution in [3.8, 4) is 0 Å². The highest BCUT2D eigenvalue weighted by atomic mass is 16.1. The van der Waals surface area contributed by atoms with Crippen LogP contribution in [0.15, 0.2) is 24.3 Å². The molecular weight excluding hydrogens is 198 g/mol. The first-order chi connectivity index (χ1) is 7.52. The number of carbonyl (C=O) groups is 1. The summed E-state index contributed by atoms with van der Waals surface area (Å²) in [4.78, 5) is 13.2. The van der Waals surface area contributed by atoms with E-state index in [1.165, 1.54) is 11.3 Å². The monoisotopic (exact) mass is 219 g/mol. The second kappa shape index (κ2) is 5.15. The molecule has 0 aliphatic heterocycles. The number of aldehydes is 1. The number of para-hydroxylation sites is 1. The highest BCUT2D eigenvalue weighted by molar-refractivity contribution is 5.61. The van der Waals surface area contributed by atoms with Gasteiger partial charge in [0.15, 0.2) is 0 Å². The molecule has 0 saturated heterocycles. The normalized spacial score (nSPS) is 14.2. The van der Waals surface area contributed by atoms with Gasteiger partial charge in [0.2, 0.25) is 0 Å². The molecule has 1 atom stereocenters. The van der Waals surface area contributed by atoms with Crippen LogP contribution < -0.4 is 4.90 Å². The molecule has 2 nitrogen and oxygen atoms in total. The number of carbonyl (C=O) groups excluding carboxylic acids is 1. The standard InChI is InChI=1S/C14H21NO/c1-5-14(3,11-16)10-15(4)13-9-7-6-8-12(13)2/h6-9,11H,5,10H2,1-4H3. The van der Waals surface area contributed by atoms with Gasteiger partial charge in [-0.3, -0.25) is 0 Å². The minimum Gasteiger partial charge on any atom is -0.373 e. The fraction of sp³-hybridized carbons (Fsp3) is 0.500. The number of anilines is 1. The van der Waals surface area contributed by atoms with Crippen molar-refractivity contribution in [2.45, 2.75) is 27.2 Å². The Bertz CT molecular complexity index is 362. The predicted octanol–water partition coefficient (Wildman–Crippen LogP) is 3.05. The van der Waals surface area contributed by atoms with Crippen LogP contribution >= 0.6 is 0 Å². The molecule has 1 aromatic rings. The molecule has 1 rings (SSSR count). The molecule has 0 aliphatic rings. The molecule has 0 aliphatic carbocycles. The number of nitrogens with zero attached hydrogens (tertiary/aromatic N) is 1. The Morgan fingerprint density at radius 1 is 1.38 bits per heavy atom. The number of benzene rings is 1. The van der Waals surface area contributed by atoms with Crippen LogP contribution in [0.1, 0.15) is 25.8 Å². The van der Waals surface area contributed by atoms with Crippen LogP contribution in [0.2, 0.25) is 0 Å². The van der Waals surface area contributed by atoms with Crippen molar-refractivity contribution in [1.82, 2.24) is 0 Å². The van der Waals surface area contributed by atoms with E-state index in [1.807, 2.05) is 26.1 Å². The largest absolute Gasteiger partial charge is 0.373 e. The van der Waals surface area contributed by atoms with E-state index < -0.39 is 0 Å². The molecule has 0 aromatic heterocycles. The number of rotatable bonds is 5. The summed E-state index contributed by atoms with van der Waals surface area (Å²) >= 11 is 0. The van der Waals surface area contributed by atoms with Gasteiger partial charge in [-0.1, -0.05) is 32.0 Å². The van der Waals surface area contributed by atoms with Crippen molar-refractivity contribution < 1.29 is 4.79 Å². The Morgan fingerprint density at radius 3 is 2.50 bits per heavy atom. The first-order valence-corrected chi connectivity index (χ1v) is 5.75. The number of hydrogen-bond acceptors (Lipinski definition) is 2. The Morgan fingerprint density at radius 2 is 2.00 bits per heavy atom. The summed E-state index contributed by atoms with van der Waals surface area (Å²) in [6.07, 6.45) is 1.94. The highest BCUT2D eigenvalue weighted by Gasteiger charge is 2.23. The Kier molecular flexibility index (Phi) is 4.11. The quantitative estimate of drug-likeness (QED) is 0.709. The van der Waals surface area contributed by atoms with Crippen LogP contribution in [-0.2, 0) is 4.79 Å². The van der Waals surface area contributed by atoms with Gasteiger partial charge >= 0.3 is 0 Å². The first-order valence-electron chi connectivity index (χ1n) is 5.75. The van der Waals surface area contributed by atoms with Crippen molar-refractivity contribution in [1.29, 1.82) is 0 Å². The van der Waals surface area contributed by atoms with Gasteiger partial charge in [-0.25, -0.2) is 0 Å². The average molecular weight is 219 g/mol. The van der Waals surface area contributed by atoms with Crippen molar-refractivity contribution >= 4 is 12.0 Å². The topological polar surface area (TPSA) is 20.3 Å². The molecule has 0 bridgehead atoms. The Labute approximate surface area is 98.3 Å². The van der Waals surface area contributed by atoms with Crippen LogP contribution in [0.5, 0.6) is 0 Å². The summed E-state index contributed by atoms with van der Waals surface area (Å²) < 4.78 is 0. The molecular formula is C14H21NO. The average Bonchev–Trinajstić information content (AvgIpc) is 2.29. The minimum atomic E-state index is -0.253. The molecule has 0 heterocycles. The van der Waals surface area contributed by atoms with Gasteiger partial charge in [0, 0.05) is 24.7 Å². The van der Waals surface area contributed by atoms with Crippen LogP contribution in [0.25, 0.3) is 0 Å². The third-order valence-electron chi connectivity index (χ3n) is 3.22. The Balaban J connectivity index is 2.84. The summed E-state index contributed by atoms with van der Waals surface area (Å²) in [5.74, 6) is 0. The zero-order valence-electron chi connectivity index (χ0n) is 10.7. The van der Waals surface area contributed by atoms with E-state index in [0.717, 1.165) is 19.3 Å². The maximum Gasteiger partial charge on any atom is 0.127 e. The molecule has 0 amide bonds. The van der Waals surface area contributed by atoms with E-state index >= 15 is 0 Å². The van der Waals surface area contributed by atoms with Gasteiger partial charge in [0.05, 0.1) is 0 Å². The third kappa shape index (κ3) is 2.84. The molecule has 1 aromatic carbocycles. The molecule has 88 valence electrons. The number of aryl methyl sites for hydroxylation is 1. The lowest BCUT2D eigenvalue weighted by Gasteiger charge is -2.30. The van der Waals surface area contributed by atoms with E-state index in [2.05, 4.69) is 30.9 Å². The van der Waals surface area contributed by atoms with E-state index in [0.29, 0.717) is 0 Å². The summed E-state index contributed by atoms with van der Waals surface area (Å²) in [6.45, 7) is 6.92. The van der Waals surface area contributed by atoms with Gasteiger partial charge in [0.25, 0.3) is 0 Å². The van der Waals surface area contributed by atoms with E-state index in [4.69, 9.17) is 0 Å². The summed E-state index contributed by atoms with van der Waals surface area (Å²) in [5, 5.41) is 0. The van der Waals surface area contributed by atoms with E-state index in [1.54, 1.807) is 0 Å². The van der Waals surface area contributed by atoms with Gasteiger partial charge in [0.1, 0.15) is 6.29 Å². The second-order valence-corrected chi connectivity index (χ2v) is 4.77. The summed E-state index contributed by atoms with van der Waals surface area (Å²) in [5.41, 5.74) is 2.19. The predicted molar refractivity (Wildman–Crippen MR) is 68.9 cm³/mol. The Hall–Kier alpha value is -1.31. The lowest BCUT2D eigenvalue weighted by atomic mass is 9.89. The van der Waals surface area contributed by atoms with Crippen molar-refractivity contribution in [2.75, 3.05) is 18.5 Å². The van der Waals surface area contributed by atoms with E-state index in [-0.39, 0.29) is 5.41 Å². The van der Waals surface area contributed by atoms with Crippen LogP contribution in [-0.4, -0.2) is 19.9 Å². The number of hydrogen-bond donors (Lipinski definition) is 0. The lowest BCUT2D eigenvalue weighted by Crippen LogP contribution is -2.34. The molecule has 0 fully saturated rings. The smallest absolute Gasteiger partial charge is 0.127 e. The van der Waals surface area contributed by atoms with Gasteiger partial charge in [-0.15, -0.1) is 0 Å². The summed E-state index contributed by atoms with van der Waals surface area (Å²) in [6, 6.07) is 8.25. The lowest BCUT2D eigenvalue weighted by molar-refractivity contribution is -0.115. The summed E-state index contributed by atoms with van der Waals surface area (Å²) in [7, 11) is 2.04. The van der Waals surface area contributed by atoms with Gasteiger partial charge in [-0.2, -0.15) is 0 Å². The van der Waals surface area contributed by atoms with Crippen LogP contribution in [0.4, 0.5) is 5.69 Å². The minimum absolute atomic E-state index is 0.253. The van der Waals surface area contributed by atoms with Crippen LogP contribution in [0, 0.1) is 12.3 Å². The van der Waals surface area contributed by atoms with Gasteiger partial charge in [-0.05, 0) is 25.0 Å². The third-order valence-corrected chi connectivity index (χ3v) is 3.22. The molecule has 0 N–H and O–H groups in total. The van der Waals surface area contributed by atoms with Crippen molar-refractivity contribution in [3.05, 3.63) is 29.8 Å². The van der Waals surface area contributed by atoms with Crippen molar-refractivity contribution in [2.24, 2.45) is 5.41 Å². The molecule has 0 saturated carbocycles. The molecule has 2 heteroatoms. The zero-order valence-corrected chi connectivity index (χ0v) is 10.7. The second-order valence-electron chi connectivity index (χ2n) is 4.77. The molecule has 0 radical (unpaired) electrons. The first kappa shape index (κ1) is 12.8. The van der Waals surface area contributed by atoms with E-state index in [9.17, 15) is 4.79 Å². The van der Waals surface area contributed by atoms with Crippen LogP contribution in [0.3, 0.4) is 0 Å². The molecule has 0 spiro atoms. The molecule has 16 heavy (non-hydrogen) atoms. The maximum atomic E-state index is 11.1. The van der Waals surface area contributed by atoms with Crippen molar-refractivity contribution in [3.63, 3.8) is 0 Å². The van der Waals surface area contributed by atoms with Gasteiger partial charge < -0.3 is 9.69 Å². The maximum absolute atomic E-state index is 11.1. The fourth-order valence-electron chi connectivity index (χ4n) is 1.85. The highest BCUT2D eigenvalue weighted by Crippen LogP contribution is 2.24. The zero-order chi connectivity index (χ0) is 12.2. The fourth-order valence-corrected chi connectivity index (χ4v) is 1.85. The molecule has 1 unspecified atom stereocenters.